The van der Waals surface area contributed by atoms with Gasteiger partial charge in [-0.3, -0.25) is 15.4 Å². The summed E-state index contributed by atoms with van der Waals surface area (Å²) >= 11 is 0. The van der Waals surface area contributed by atoms with Crippen LogP contribution in [0.3, 0.4) is 0 Å². The van der Waals surface area contributed by atoms with E-state index >= 15 is 0 Å². The van der Waals surface area contributed by atoms with Crippen molar-refractivity contribution in [3.63, 3.8) is 0 Å². The summed E-state index contributed by atoms with van der Waals surface area (Å²) in [6, 6.07) is 2.16. The van der Waals surface area contributed by atoms with Gasteiger partial charge in [-0.1, -0.05) is 19.3 Å². The number of piperidine rings is 1. The van der Waals surface area contributed by atoms with Crippen LogP contribution < -0.4 is 21.3 Å². The van der Waals surface area contributed by atoms with E-state index < -0.39 is 0 Å². The number of amides is 1. The van der Waals surface area contributed by atoms with E-state index in [2.05, 4.69) is 39.6 Å². The highest BCUT2D eigenvalue weighted by Gasteiger charge is 2.39. The number of carbonyl (C=O) groups is 1. The van der Waals surface area contributed by atoms with Gasteiger partial charge in [0.25, 0.3) is 0 Å². The number of rotatable bonds is 4. The smallest absolute Gasteiger partial charge is 0.241 e. The number of anilines is 1. The molecule has 2 aromatic rings. The van der Waals surface area contributed by atoms with Crippen LogP contribution in [-0.2, 0) is 4.79 Å². The van der Waals surface area contributed by atoms with Crippen molar-refractivity contribution in [1.82, 2.24) is 30.1 Å². The second-order valence-electron chi connectivity index (χ2n) is 11.2. The first-order chi connectivity index (χ1) is 17.1. The molecule has 0 bridgehead atoms. The molecule has 1 saturated carbocycles. The van der Waals surface area contributed by atoms with E-state index in [1.54, 1.807) is 0 Å². The van der Waals surface area contributed by atoms with E-state index in [0.29, 0.717) is 5.92 Å². The fourth-order valence-electron chi connectivity index (χ4n) is 6.69. The van der Waals surface area contributed by atoms with Crippen LogP contribution in [0.5, 0.6) is 0 Å². The second-order valence-corrected chi connectivity index (χ2v) is 11.2. The van der Waals surface area contributed by atoms with E-state index in [0.717, 1.165) is 74.6 Å². The first-order valence-corrected chi connectivity index (χ1v) is 13.7. The van der Waals surface area contributed by atoms with Crippen molar-refractivity contribution in [2.24, 2.45) is 11.7 Å². The number of aryl methyl sites for hydroxylation is 1. The number of nitrogens with two attached hydrogens (primary N) is 1. The molecule has 3 saturated heterocycles. The molecule has 4 atom stereocenters. The summed E-state index contributed by atoms with van der Waals surface area (Å²) in [7, 11) is 0. The SMILES string of the molecule is Cc1cn2nc([C@@H]3CCCCN3C(=O)C3CNC(C4CCCCC4)N3)cc2nc1N1CC[C@H](N)C1. The standard InChI is InChI=1S/C26H40N8O/c1-17-15-34-23(30-25(17)32-12-10-19(27)16-32)13-20(31-34)22-9-5-6-11-33(22)26(35)21-14-28-24(29-21)18-7-3-2-4-8-18/h13,15,18-19,21-22,24,28-29H,2-12,14,16,27H2,1H3/t19-,21?,22-,24?/m0/s1. The lowest BCUT2D eigenvalue weighted by Crippen LogP contribution is -2.50. The van der Waals surface area contributed by atoms with Gasteiger partial charge in [-0.15, -0.1) is 0 Å². The molecule has 0 aromatic carbocycles. The highest BCUT2D eigenvalue weighted by Crippen LogP contribution is 2.33. The van der Waals surface area contributed by atoms with Gasteiger partial charge in [0.1, 0.15) is 11.9 Å². The molecule has 190 valence electrons. The molecule has 4 fully saturated rings. The molecule has 5 heterocycles. The Balaban J connectivity index is 1.20. The van der Waals surface area contributed by atoms with Crippen molar-refractivity contribution in [3.8, 4) is 0 Å². The molecule has 0 spiro atoms. The van der Waals surface area contributed by atoms with Crippen molar-refractivity contribution >= 4 is 17.4 Å². The number of aromatic nitrogens is 3. The predicted octanol–water partition coefficient (Wildman–Crippen LogP) is 2.10. The van der Waals surface area contributed by atoms with Gasteiger partial charge >= 0.3 is 0 Å². The average Bonchev–Trinajstić information content (AvgIpc) is 3.63. The molecule has 9 nitrogen and oxygen atoms in total. The van der Waals surface area contributed by atoms with E-state index in [1.807, 2.05) is 4.52 Å². The first-order valence-electron chi connectivity index (χ1n) is 13.7. The van der Waals surface area contributed by atoms with Crippen LogP contribution in [0.1, 0.15) is 75.1 Å². The number of hydrogen-bond donors (Lipinski definition) is 3. The molecule has 9 heteroatoms. The molecule has 1 amide bonds. The number of hydrogen-bond acceptors (Lipinski definition) is 7. The first kappa shape index (κ1) is 23.2. The molecule has 3 aliphatic heterocycles. The summed E-state index contributed by atoms with van der Waals surface area (Å²) in [5, 5.41) is 12.2. The van der Waals surface area contributed by atoms with Crippen molar-refractivity contribution in [2.45, 2.75) is 89.0 Å². The summed E-state index contributed by atoms with van der Waals surface area (Å²) < 4.78 is 1.88. The number of likely N-dealkylation sites (tertiary alicyclic amines) is 1. The minimum Gasteiger partial charge on any atom is -0.355 e. The average molecular weight is 481 g/mol. The van der Waals surface area contributed by atoms with Crippen LogP contribution in [0, 0.1) is 12.8 Å². The largest absolute Gasteiger partial charge is 0.355 e. The Bertz CT molecular complexity index is 1060. The zero-order valence-electron chi connectivity index (χ0n) is 21.0. The van der Waals surface area contributed by atoms with Crippen LogP contribution in [0.25, 0.3) is 5.65 Å². The molecular weight excluding hydrogens is 440 g/mol. The Hall–Kier alpha value is -2.23. The fraction of sp³-hybridized carbons (Fsp3) is 0.731. The molecule has 1 aliphatic carbocycles. The number of fused-ring (bicyclic) bond motifs is 1. The lowest BCUT2D eigenvalue weighted by molar-refractivity contribution is -0.136. The van der Waals surface area contributed by atoms with Crippen LogP contribution in [0.2, 0.25) is 0 Å². The molecule has 35 heavy (non-hydrogen) atoms. The quantitative estimate of drug-likeness (QED) is 0.616. The van der Waals surface area contributed by atoms with Crippen molar-refractivity contribution in [2.75, 3.05) is 31.1 Å². The maximum Gasteiger partial charge on any atom is 0.241 e. The Morgan fingerprint density at radius 3 is 2.71 bits per heavy atom. The summed E-state index contributed by atoms with van der Waals surface area (Å²) in [6.07, 6.45) is 13.0. The second kappa shape index (κ2) is 9.67. The molecule has 2 aromatic heterocycles. The molecule has 2 unspecified atom stereocenters. The van der Waals surface area contributed by atoms with Crippen molar-refractivity contribution < 1.29 is 4.79 Å². The molecule has 4 N–H and O–H groups in total. The lowest BCUT2D eigenvalue weighted by atomic mass is 9.87. The van der Waals surface area contributed by atoms with E-state index in [4.69, 9.17) is 15.8 Å². The monoisotopic (exact) mass is 480 g/mol. The highest BCUT2D eigenvalue weighted by molar-refractivity contribution is 5.83. The predicted molar refractivity (Wildman–Crippen MR) is 136 cm³/mol. The van der Waals surface area contributed by atoms with Gasteiger partial charge in [-0.05, 0) is 51.4 Å². The van der Waals surface area contributed by atoms with Gasteiger partial charge in [-0.25, -0.2) is 9.50 Å². The molecular formula is C26H40N8O. The zero-order valence-corrected chi connectivity index (χ0v) is 21.0. The minimum absolute atomic E-state index is 0.0115. The fourth-order valence-corrected chi connectivity index (χ4v) is 6.69. The molecule has 0 radical (unpaired) electrons. The summed E-state index contributed by atoms with van der Waals surface area (Å²) in [4.78, 5) is 23.0. The normalized spacial score (nSPS) is 30.5. The summed E-state index contributed by atoms with van der Waals surface area (Å²) in [5.74, 6) is 1.86. The molecule has 4 aliphatic rings. The Morgan fingerprint density at radius 1 is 1.09 bits per heavy atom. The van der Waals surface area contributed by atoms with Gasteiger partial charge in [0.15, 0.2) is 5.65 Å². The lowest BCUT2D eigenvalue weighted by Gasteiger charge is -2.36. The topological polar surface area (TPSA) is 104 Å². The van der Waals surface area contributed by atoms with Crippen LogP contribution >= 0.6 is 0 Å². The van der Waals surface area contributed by atoms with Crippen LogP contribution in [0.4, 0.5) is 5.82 Å². The van der Waals surface area contributed by atoms with E-state index in [9.17, 15) is 4.79 Å². The molecule has 6 rings (SSSR count). The number of carbonyl (C=O) groups excluding carboxylic acids is 1. The van der Waals surface area contributed by atoms with Crippen LogP contribution in [-0.4, -0.2) is 69.8 Å². The third-order valence-electron chi connectivity index (χ3n) is 8.62. The Labute approximate surface area is 207 Å². The number of nitrogens with zero attached hydrogens (tertiary/aromatic N) is 5. The Morgan fingerprint density at radius 2 is 1.91 bits per heavy atom. The Kier molecular flexibility index (Phi) is 6.41. The summed E-state index contributed by atoms with van der Waals surface area (Å²) in [5.41, 5.74) is 9.04. The van der Waals surface area contributed by atoms with Crippen molar-refractivity contribution in [3.05, 3.63) is 23.5 Å². The zero-order chi connectivity index (χ0) is 23.9. The summed E-state index contributed by atoms with van der Waals surface area (Å²) in [6.45, 7) is 5.40. The minimum atomic E-state index is -0.147. The van der Waals surface area contributed by atoms with Gasteiger partial charge in [0.05, 0.1) is 17.9 Å². The van der Waals surface area contributed by atoms with Crippen LogP contribution in [0.15, 0.2) is 12.3 Å². The third-order valence-corrected chi connectivity index (χ3v) is 8.62. The third kappa shape index (κ3) is 4.54. The van der Waals surface area contributed by atoms with Gasteiger partial charge in [0.2, 0.25) is 5.91 Å². The number of nitrogens with one attached hydrogen (secondary N) is 2. The van der Waals surface area contributed by atoms with Gasteiger partial charge in [-0.2, -0.15) is 5.10 Å². The van der Waals surface area contributed by atoms with E-state index in [-0.39, 0.29) is 30.2 Å². The van der Waals surface area contributed by atoms with Crippen molar-refractivity contribution in [1.29, 1.82) is 0 Å². The maximum absolute atomic E-state index is 13.7. The van der Waals surface area contributed by atoms with Gasteiger partial charge in [0, 0.05) is 50.0 Å². The highest BCUT2D eigenvalue weighted by atomic mass is 16.2. The maximum atomic E-state index is 13.7. The van der Waals surface area contributed by atoms with E-state index in [1.165, 1.54) is 32.1 Å². The van der Waals surface area contributed by atoms with Gasteiger partial charge < -0.3 is 15.5 Å².